The normalized spacial score (nSPS) is 17.8. The van der Waals surface area contributed by atoms with Gasteiger partial charge in [0, 0.05) is 48.6 Å². The molecule has 3 aromatic rings. The van der Waals surface area contributed by atoms with Crippen LogP contribution in [0.25, 0.3) is 0 Å². The van der Waals surface area contributed by atoms with Gasteiger partial charge in [0.1, 0.15) is 16.9 Å². The molecule has 212 valence electrons. The van der Waals surface area contributed by atoms with Gasteiger partial charge in [-0.25, -0.2) is 0 Å². The van der Waals surface area contributed by atoms with Crippen molar-refractivity contribution >= 4 is 11.6 Å². The average molecular weight is 543 g/mol. The smallest absolute Gasteiger partial charge is 0.247 e. The predicted octanol–water partition coefficient (Wildman–Crippen LogP) is 5.71. The van der Waals surface area contributed by atoms with Crippen molar-refractivity contribution in [2.24, 2.45) is 0 Å². The molecule has 1 amide bonds. The van der Waals surface area contributed by atoms with Crippen LogP contribution < -0.4 is 4.90 Å². The van der Waals surface area contributed by atoms with Gasteiger partial charge in [-0.05, 0) is 52.3 Å². The van der Waals surface area contributed by atoms with Gasteiger partial charge in [-0.2, -0.15) is 0 Å². The summed E-state index contributed by atoms with van der Waals surface area (Å²) < 4.78 is 5.52. The third kappa shape index (κ3) is 4.77. The molecule has 6 nitrogen and oxygen atoms in total. The summed E-state index contributed by atoms with van der Waals surface area (Å²) in [6, 6.07) is 18.9. The third-order valence-electron chi connectivity index (χ3n) is 8.44. The molecule has 40 heavy (non-hydrogen) atoms. The van der Waals surface area contributed by atoms with Gasteiger partial charge in [-0.15, -0.1) is 0 Å². The summed E-state index contributed by atoms with van der Waals surface area (Å²) in [7, 11) is 0. The molecule has 2 aliphatic rings. The van der Waals surface area contributed by atoms with Crippen molar-refractivity contribution in [3.05, 3.63) is 88.5 Å². The van der Waals surface area contributed by atoms with E-state index in [0.29, 0.717) is 37.4 Å². The zero-order valence-electron chi connectivity index (χ0n) is 24.6. The number of nitrogens with zero attached hydrogens (tertiary/aromatic N) is 2. The monoisotopic (exact) mass is 542 g/mol. The van der Waals surface area contributed by atoms with Crippen molar-refractivity contribution in [2.75, 3.05) is 44.3 Å². The molecule has 0 aromatic heterocycles. The zero-order chi connectivity index (χ0) is 28.9. The lowest BCUT2D eigenvalue weighted by Gasteiger charge is -2.34. The second kappa shape index (κ2) is 10.2. The molecule has 0 radical (unpaired) electrons. The van der Waals surface area contributed by atoms with E-state index >= 15 is 4.79 Å². The number of hydrogen-bond acceptors (Lipinski definition) is 5. The lowest BCUT2D eigenvalue weighted by Crippen LogP contribution is -2.46. The van der Waals surface area contributed by atoms with Crippen LogP contribution in [0.5, 0.6) is 11.5 Å². The summed E-state index contributed by atoms with van der Waals surface area (Å²) in [6.07, 6.45) is 0. The number of benzene rings is 3. The minimum atomic E-state index is -1.42. The Balaban J connectivity index is 1.78. The highest BCUT2D eigenvalue weighted by atomic mass is 16.5. The Bertz CT molecular complexity index is 1350. The first kappa shape index (κ1) is 28.2. The van der Waals surface area contributed by atoms with E-state index in [1.54, 1.807) is 12.1 Å². The van der Waals surface area contributed by atoms with E-state index in [2.05, 4.69) is 46.4 Å². The van der Waals surface area contributed by atoms with Crippen LogP contribution in [0.4, 0.5) is 5.69 Å². The molecule has 2 N–H and O–H groups in total. The van der Waals surface area contributed by atoms with E-state index in [1.807, 2.05) is 53.4 Å². The number of hydrogen-bond donors (Lipinski definition) is 2. The first-order valence-electron chi connectivity index (χ1n) is 14.2. The lowest BCUT2D eigenvalue weighted by atomic mass is 9.67. The molecule has 0 unspecified atom stereocenters. The van der Waals surface area contributed by atoms with Crippen LogP contribution >= 0.6 is 0 Å². The minimum absolute atomic E-state index is 0.0340. The molecule has 1 saturated heterocycles. The fraction of sp³-hybridized carbons (Fsp3) is 0.441. The summed E-state index contributed by atoms with van der Waals surface area (Å²) >= 11 is 0. The Hall–Kier alpha value is -3.35. The van der Waals surface area contributed by atoms with Gasteiger partial charge in [0.15, 0.2) is 0 Å². The number of fused-ring (bicyclic) bond motifs is 1. The number of carbonyl (C=O) groups is 1. The highest BCUT2D eigenvalue weighted by molar-refractivity contribution is 6.13. The fourth-order valence-corrected chi connectivity index (χ4v) is 6.01. The number of ether oxygens (including phenoxy) is 1. The van der Waals surface area contributed by atoms with Crippen molar-refractivity contribution in [3.8, 4) is 11.5 Å². The lowest BCUT2D eigenvalue weighted by molar-refractivity contribution is -0.120. The van der Waals surface area contributed by atoms with Crippen LogP contribution in [0.3, 0.4) is 0 Å². The Morgan fingerprint density at radius 1 is 0.750 bits per heavy atom. The summed E-state index contributed by atoms with van der Waals surface area (Å²) in [5.41, 5.74) is 2.73. The van der Waals surface area contributed by atoms with Crippen LogP contribution in [0, 0.1) is 0 Å². The second-order valence-corrected chi connectivity index (χ2v) is 13.1. The number of para-hydroxylation sites is 1. The van der Waals surface area contributed by atoms with Gasteiger partial charge >= 0.3 is 0 Å². The van der Waals surface area contributed by atoms with Crippen LogP contribution in [-0.4, -0.2) is 60.4 Å². The van der Waals surface area contributed by atoms with Gasteiger partial charge in [0.05, 0.1) is 13.2 Å². The van der Waals surface area contributed by atoms with E-state index in [-0.39, 0.29) is 28.2 Å². The van der Waals surface area contributed by atoms with E-state index in [4.69, 9.17) is 4.74 Å². The van der Waals surface area contributed by atoms with Gasteiger partial charge in [0.25, 0.3) is 0 Å². The maximum atomic E-state index is 15.0. The van der Waals surface area contributed by atoms with Gasteiger partial charge in [0.2, 0.25) is 5.91 Å². The molecule has 1 fully saturated rings. The molecule has 0 atom stereocenters. The van der Waals surface area contributed by atoms with Gasteiger partial charge < -0.3 is 19.8 Å². The number of amides is 1. The van der Waals surface area contributed by atoms with Crippen molar-refractivity contribution in [1.29, 1.82) is 0 Å². The predicted molar refractivity (Wildman–Crippen MR) is 160 cm³/mol. The molecule has 5 rings (SSSR count). The molecule has 0 saturated carbocycles. The van der Waals surface area contributed by atoms with E-state index in [1.165, 1.54) is 0 Å². The van der Waals surface area contributed by atoms with Crippen LogP contribution in [0.2, 0.25) is 0 Å². The van der Waals surface area contributed by atoms with Crippen LogP contribution in [0.15, 0.2) is 60.7 Å². The van der Waals surface area contributed by atoms with Crippen LogP contribution in [-0.2, 0) is 25.8 Å². The zero-order valence-corrected chi connectivity index (χ0v) is 24.6. The second-order valence-electron chi connectivity index (χ2n) is 13.1. The van der Waals surface area contributed by atoms with E-state index < -0.39 is 5.41 Å². The molecule has 2 aliphatic heterocycles. The largest absolute Gasteiger partial charge is 0.508 e. The molecule has 0 bridgehead atoms. The summed E-state index contributed by atoms with van der Waals surface area (Å²) in [5, 5.41) is 23.0. The Labute approximate surface area is 238 Å². The average Bonchev–Trinajstić information content (AvgIpc) is 3.15. The first-order chi connectivity index (χ1) is 18.8. The van der Waals surface area contributed by atoms with Crippen molar-refractivity contribution < 1.29 is 19.7 Å². The SMILES string of the molecule is CC(C)(C)c1ccc(O)c(C2(c3cc(C(C)(C)C)ccc3O)C(=O)N(CCN3CCOCC3)c3ccccc32)c1. The van der Waals surface area contributed by atoms with Crippen LogP contribution in [0.1, 0.15) is 69.4 Å². The van der Waals surface area contributed by atoms with Gasteiger partial charge in [-0.1, -0.05) is 71.9 Å². The molecule has 6 heteroatoms. The van der Waals surface area contributed by atoms with E-state index in [9.17, 15) is 10.2 Å². The standard InChI is InChI=1S/C34H42N2O4/c1-32(2,3)23-11-13-29(37)26(21-23)34(27-22-24(33(4,5)6)12-14-30(27)38)25-9-7-8-10-28(25)36(31(34)39)16-15-35-17-19-40-20-18-35/h7-14,21-22,37-38H,15-20H2,1-6H3. The van der Waals surface area contributed by atoms with E-state index in [0.717, 1.165) is 35.5 Å². The molecular formula is C34H42N2O4. The molecule has 2 heterocycles. The Morgan fingerprint density at radius 2 is 1.27 bits per heavy atom. The topological polar surface area (TPSA) is 73.2 Å². The fourth-order valence-electron chi connectivity index (χ4n) is 6.01. The van der Waals surface area contributed by atoms with Crippen molar-refractivity contribution in [2.45, 2.75) is 57.8 Å². The minimum Gasteiger partial charge on any atom is -0.508 e. The summed E-state index contributed by atoms with van der Waals surface area (Å²) in [5.74, 6) is -0.0943. The number of morpholine rings is 1. The Morgan fingerprint density at radius 3 is 1.80 bits per heavy atom. The third-order valence-corrected chi connectivity index (χ3v) is 8.44. The molecule has 3 aromatic carbocycles. The molecular weight excluding hydrogens is 500 g/mol. The highest BCUT2D eigenvalue weighted by Gasteiger charge is 2.56. The summed E-state index contributed by atoms with van der Waals surface area (Å²) in [4.78, 5) is 19.2. The first-order valence-corrected chi connectivity index (χ1v) is 14.2. The Kier molecular flexibility index (Phi) is 7.22. The number of anilines is 1. The highest BCUT2D eigenvalue weighted by Crippen LogP contribution is 2.55. The molecule has 0 spiro atoms. The number of phenolic OH excluding ortho intramolecular Hbond substituents is 2. The number of aromatic hydroxyl groups is 2. The van der Waals surface area contributed by atoms with Crippen molar-refractivity contribution in [3.63, 3.8) is 0 Å². The number of carbonyl (C=O) groups excluding carboxylic acids is 1. The maximum absolute atomic E-state index is 15.0. The quantitative estimate of drug-likeness (QED) is 0.432. The van der Waals surface area contributed by atoms with Crippen molar-refractivity contribution in [1.82, 2.24) is 4.90 Å². The number of rotatable bonds is 5. The van der Waals surface area contributed by atoms with Gasteiger partial charge in [-0.3, -0.25) is 9.69 Å². The maximum Gasteiger partial charge on any atom is 0.247 e. The number of phenols is 2. The summed E-state index contributed by atoms with van der Waals surface area (Å²) in [6.45, 7) is 17.0. The molecule has 0 aliphatic carbocycles.